The van der Waals surface area contributed by atoms with Gasteiger partial charge in [0.05, 0.1) is 0 Å². The summed E-state index contributed by atoms with van der Waals surface area (Å²) in [6, 6.07) is 3.78. The van der Waals surface area contributed by atoms with Gasteiger partial charge in [-0.2, -0.15) is 0 Å². The van der Waals surface area contributed by atoms with Crippen molar-refractivity contribution in [3.63, 3.8) is 0 Å². The van der Waals surface area contributed by atoms with Gasteiger partial charge in [0, 0.05) is 6.07 Å². The van der Waals surface area contributed by atoms with Gasteiger partial charge in [-0.3, -0.25) is 0 Å². The number of rotatable bonds is 4. The topological polar surface area (TPSA) is 22.4 Å². The fraction of sp³-hybridized carbons (Fsp3) is 0.429. The molecule has 0 aliphatic heterocycles. The Morgan fingerprint density at radius 1 is 1.29 bits per heavy atom. The number of furan rings is 1. The van der Waals surface area contributed by atoms with Crippen LogP contribution in [0.4, 0.5) is 0 Å². The molecule has 0 aromatic carbocycles. The van der Waals surface area contributed by atoms with Crippen LogP contribution in [0, 0.1) is 0 Å². The molecule has 0 saturated heterocycles. The first kappa shape index (κ1) is 13.8. The molecule has 0 atom stereocenters. The first-order valence-corrected chi connectivity index (χ1v) is 8.75. The molecule has 0 unspecified atom stereocenters. The average molecular weight is 250 g/mol. The van der Waals surface area contributed by atoms with Crippen LogP contribution in [0.3, 0.4) is 0 Å². The zero-order valence-corrected chi connectivity index (χ0v) is 12.4. The molecule has 0 spiro atoms. The second kappa shape index (κ2) is 4.96. The van der Waals surface area contributed by atoms with Crippen LogP contribution >= 0.6 is 0 Å². The van der Waals surface area contributed by atoms with Crippen LogP contribution in [0.15, 0.2) is 35.3 Å². The molecule has 94 valence electrons. The molecule has 1 aromatic heterocycles. The molecule has 2 nitrogen and oxygen atoms in total. The van der Waals surface area contributed by atoms with Crippen molar-refractivity contribution in [3.05, 3.63) is 36.6 Å². The molecule has 0 fully saturated rings. The molecule has 0 N–H and O–H groups in total. The Labute approximate surface area is 105 Å². The van der Waals surface area contributed by atoms with E-state index in [1.807, 2.05) is 24.3 Å². The van der Waals surface area contributed by atoms with Crippen LogP contribution in [0.1, 0.15) is 26.5 Å². The van der Waals surface area contributed by atoms with E-state index in [-0.39, 0.29) is 5.04 Å². The first-order valence-electron chi connectivity index (χ1n) is 5.84. The van der Waals surface area contributed by atoms with Crippen LogP contribution in [0.2, 0.25) is 18.1 Å². The van der Waals surface area contributed by atoms with E-state index in [0.29, 0.717) is 5.95 Å². The summed E-state index contributed by atoms with van der Waals surface area (Å²) in [6.45, 7) is 14.7. The van der Waals surface area contributed by atoms with Crippen molar-refractivity contribution in [2.75, 3.05) is 0 Å². The van der Waals surface area contributed by atoms with Crippen LogP contribution in [-0.2, 0) is 0 Å². The van der Waals surface area contributed by atoms with E-state index in [9.17, 15) is 0 Å². The molecular weight excluding hydrogens is 228 g/mol. The maximum Gasteiger partial charge on any atom is 0.270 e. The second-order valence-electron chi connectivity index (χ2n) is 5.61. The van der Waals surface area contributed by atoms with Gasteiger partial charge in [-0.15, -0.1) is 0 Å². The molecule has 0 amide bonds. The van der Waals surface area contributed by atoms with Crippen LogP contribution < -0.4 is 4.43 Å². The van der Waals surface area contributed by atoms with E-state index < -0.39 is 8.32 Å². The summed E-state index contributed by atoms with van der Waals surface area (Å²) in [5.74, 6) is 1.40. The van der Waals surface area contributed by atoms with Gasteiger partial charge in [-0.1, -0.05) is 39.5 Å². The zero-order chi connectivity index (χ0) is 13.1. The van der Waals surface area contributed by atoms with Gasteiger partial charge < -0.3 is 8.84 Å². The predicted molar refractivity (Wildman–Crippen MR) is 75.8 cm³/mol. The van der Waals surface area contributed by atoms with Gasteiger partial charge in [-0.25, -0.2) is 0 Å². The average Bonchev–Trinajstić information content (AvgIpc) is 2.60. The summed E-state index contributed by atoms with van der Waals surface area (Å²) in [4.78, 5) is 0. The molecule has 1 rings (SSSR count). The lowest BCUT2D eigenvalue weighted by Crippen LogP contribution is -2.43. The van der Waals surface area contributed by atoms with Crippen molar-refractivity contribution in [2.45, 2.75) is 38.9 Å². The van der Waals surface area contributed by atoms with E-state index in [4.69, 9.17) is 8.84 Å². The monoisotopic (exact) mass is 250 g/mol. The van der Waals surface area contributed by atoms with Crippen molar-refractivity contribution in [3.8, 4) is 5.95 Å². The molecule has 0 aliphatic rings. The highest BCUT2D eigenvalue weighted by atomic mass is 28.4. The Kier molecular flexibility index (Phi) is 4.04. The molecule has 17 heavy (non-hydrogen) atoms. The summed E-state index contributed by atoms with van der Waals surface area (Å²) in [5, 5.41) is 0.177. The lowest BCUT2D eigenvalue weighted by molar-refractivity contribution is 0.363. The quantitative estimate of drug-likeness (QED) is 0.562. The van der Waals surface area contributed by atoms with E-state index in [1.54, 1.807) is 6.08 Å². The fourth-order valence-electron chi connectivity index (χ4n) is 1.05. The highest BCUT2D eigenvalue weighted by Crippen LogP contribution is 2.37. The molecule has 0 aliphatic carbocycles. The number of hydrogen-bond acceptors (Lipinski definition) is 2. The Morgan fingerprint density at radius 3 is 2.47 bits per heavy atom. The van der Waals surface area contributed by atoms with Crippen LogP contribution in [-0.4, -0.2) is 8.32 Å². The third-order valence-corrected chi connectivity index (χ3v) is 7.48. The van der Waals surface area contributed by atoms with Gasteiger partial charge in [0.2, 0.25) is 0 Å². The Morgan fingerprint density at radius 2 is 1.94 bits per heavy atom. The number of allylic oxidation sites excluding steroid dienone is 2. The van der Waals surface area contributed by atoms with E-state index >= 15 is 0 Å². The van der Waals surface area contributed by atoms with Crippen molar-refractivity contribution in [1.29, 1.82) is 0 Å². The van der Waals surface area contributed by atoms with E-state index in [1.165, 1.54) is 0 Å². The summed E-state index contributed by atoms with van der Waals surface area (Å²) in [5.41, 5.74) is 0. The van der Waals surface area contributed by atoms with Gasteiger partial charge in [0.15, 0.2) is 0 Å². The van der Waals surface area contributed by atoms with Gasteiger partial charge in [0.25, 0.3) is 14.3 Å². The SMILES string of the molecule is C=C/C=C/c1ccc(O[Si](C)(C)C(C)(C)C)o1. The highest BCUT2D eigenvalue weighted by molar-refractivity contribution is 6.74. The van der Waals surface area contributed by atoms with Gasteiger partial charge in [0.1, 0.15) is 5.76 Å². The van der Waals surface area contributed by atoms with Crippen LogP contribution in [0.25, 0.3) is 6.08 Å². The maximum atomic E-state index is 6.04. The third kappa shape index (κ3) is 3.63. The molecular formula is C14H22O2Si. The highest BCUT2D eigenvalue weighted by Gasteiger charge is 2.39. The summed E-state index contributed by atoms with van der Waals surface area (Å²) in [6.07, 6.45) is 5.43. The molecule has 0 bridgehead atoms. The third-order valence-electron chi connectivity index (χ3n) is 3.16. The Balaban J connectivity index is 2.79. The van der Waals surface area contributed by atoms with Crippen molar-refractivity contribution in [1.82, 2.24) is 0 Å². The summed E-state index contributed by atoms with van der Waals surface area (Å²) in [7, 11) is -1.80. The summed E-state index contributed by atoms with van der Waals surface area (Å²) >= 11 is 0. The minimum Gasteiger partial charge on any atom is -0.519 e. The fourth-order valence-corrected chi connectivity index (χ4v) is 1.97. The van der Waals surface area contributed by atoms with E-state index in [2.05, 4.69) is 40.4 Å². The molecule has 3 heteroatoms. The predicted octanol–water partition coefficient (Wildman–Crippen LogP) is 4.86. The molecule has 1 aromatic rings. The largest absolute Gasteiger partial charge is 0.519 e. The van der Waals surface area contributed by atoms with Crippen molar-refractivity contribution >= 4 is 14.4 Å². The molecule has 1 heterocycles. The van der Waals surface area contributed by atoms with Crippen LogP contribution in [0.5, 0.6) is 5.95 Å². The Bertz CT molecular complexity index is 408. The van der Waals surface area contributed by atoms with Crippen molar-refractivity contribution < 1.29 is 8.84 Å². The standard InChI is InChI=1S/C14H22O2Si/c1-7-8-9-12-10-11-13(15-12)16-17(5,6)14(2,3)4/h7-11H,1H2,2-6H3/b9-8+. The lowest BCUT2D eigenvalue weighted by Gasteiger charge is -2.35. The first-order chi connectivity index (χ1) is 7.76. The molecule has 0 saturated carbocycles. The summed E-state index contributed by atoms with van der Waals surface area (Å²) < 4.78 is 11.6. The molecule has 0 radical (unpaired) electrons. The minimum atomic E-state index is -1.80. The number of hydrogen-bond donors (Lipinski definition) is 0. The smallest absolute Gasteiger partial charge is 0.270 e. The van der Waals surface area contributed by atoms with Gasteiger partial charge in [-0.05, 0) is 30.3 Å². The zero-order valence-electron chi connectivity index (χ0n) is 11.4. The normalized spacial score (nSPS) is 13.0. The Hall–Kier alpha value is -1.22. The van der Waals surface area contributed by atoms with Gasteiger partial charge >= 0.3 is 0 Å². The minimum absolute atomic E-state index is 0.177. The lowest BCUT2D eigenvalue weighted by atomic mass is 10.2. The van der Waals surface area contributed by atoms with Crippen molar-refractivity contribution in [2.24, 2.45) is 0 Å². The second-order valence-corrected chi connectivity index (χ2v) is 10.3. The van der Waals surface area contributed by atoms with E-state index in [0.717, 1.165) is 5.76 Å². The maximum absolute atomic E-state index is 6.04.